The minimum Gasteiger partial charge on any atom is -0.313 e. The third-order valence-corrected chi connectivity index (χ3v) is 4.20. The number of nitrogens with one attached hydrogen (secondary N) is 1. The standard InChI is InChI=1S/C15H32N2/c1-5-16-15(13(2)3)12-17(4)14-10-8-6-7-9-11-14/h13-16H,5-12H2,1-4H3. The fourth-order valence-corrected chi connectivity index (χ4v) is 2.93. The number of hydrogen-bond acceptors (Lipinski definition) is 2. The highest BCUT2D eigenvalue weighted by atomic mass is 15.2. The molecule has 1 unspecified atom stereocenters. The second-order valence-corrected chi connectivity index (χ2v) is 5.99. The van der Waals surface area contributed by atoms with Crippen LogP contribution < -0.4 is 5.32 Å². The summed E-state index contributed by atoms with van der Waals surface area (Å²) in [5, 5.41) is 3.63. The first kappa shape index (κ1) is 15.0. The van der Waals surface area contributed by atoms with Gasteiger partial charge in [-0.2, -0.15) is 0 Å². The SMILES string of the molecule is CCNC(CN(C)C1CCCCCC1)C(C)C. The van der Waals surface area contributed by atoms with Gasteiger partial charge >= 0.3 is 0 Å². The first-order valence-corrected chi connectivity index (χ1v) is 7.58. The summed E-state index contributed by atoms with van der Waals surface area (Å²) in [5.74, 6) is 0.725. The van der Waals surface area contributed by atoms with Gasteiger partial charge in [-0.1, -0.05) is 46.5 Å². The summed E-state index contributed by atoms with van der Waals surface area (Å²) in [4.78, 5) is 2.61. The van der Waals surface area contributed by atoms with E-state index < -0.39 is 0 Å². The molecule has 1 atom stereocenters. The van der Waals surface area contributed by atoms with Crippen LogP contribution in [0.25, 0.3) is 0 Å². The summed E-state index contributed by atoms with van der Waals surface area (Å²) in [6, 6.07) is 1.48. The maximum atomic E-state index is 3.63. The van der Waals surface area contributed by atoms with Crippen LogP contribution in [0.5, 0.6) is 0 Å². The summed E-state index contributed by atoms with van der Waals surface area (Å²) < 4.78 is 0. The number of likely N-dealkylation sites (N-methyl/N-ethyl adjacent to an activating group) is 2. The molecule has 0 aromatic rings. The van der Waals surface area contributed by atoms with Crippen LogP contribution in [0.1, 0.15) is 59.3 Å². The fourth-order valence-electron chi connectivity index (χ4n) is 2.93. The van der Waals surface area contributed by atoms with Gasteiger partial charge in [0.25, 0.3) is 0 Å². The molecule has 0 aromatic heterocycles. The minimum atomic E-state index is 0.647. The van der Waals surface area contributed by atoms with Crippen molar-refractivity contribution in [2.24, 2.45) is 5.92 Å². The Kier molecular flexibility index (Phi) is 7.14. The van der Waals surface area contributed by atoms with Crippen LogP contribution in [0.2, 0.25) is 0 Å². The van der Waals surface area contributed by atoms with Gasteiger partial charge in [-0.15, -0.1) is 0 Å². The van der Waals surface area contributed by atoms with E-state index in [1.165, 1.54) is 45.1 Å². The molecular weight excluding hydrogens is 208 g/mol. The topological polar surface area (TPSA) is 15.3 Å². The molecule has 0 bridgehead atoms. The van der Waals surface area contributed by atoms with Crippen molar-refractivity contribution < 1.29 is 0 Å². The lowest BCUT2D eigenvalue weighted by atomic mass is 10.0. The molecule has 1 N–H and O–H groups in total. The summed E-state index contributed by atoms with van der Waals surface area (Å²) >= 11 is 0. The second-order valence-electron chi connectivity index (χ2n) is 5.99. The van der Waals surface area contributed by atoms with Gasteiger partial charge in [0.15, 0.2) is 0 Å². The highest BCUT2D eigenvalue weighted by Crippen LogP contribution is 2.21. The van der Waals surface area contributed by atoms with Gasteiger partial charge in [-0.3, -0.25) is 0 Å². The van der Waals surface area contributed by atoms with Crippen LogP contribution in [0.15, 0.2) is 0 Å². The fraction of sp³-hybridized carbons (Fsp3) is 1.00. The van der Waals surface area contributed by atoms with E-state index in [-0.39, 0.29) is 0 Å². The van der Waals surface area contributed by atoms with Crippen molar-refractivity contribution in [3.8, 4) is 0 Å². The molecule has 0 aliphatic heterocycles. The molecule has 1 rings (SSSR count). The van der Waals surface area contributed by atoms with E-state index in [1.54, 1.807) is 0 Å². The molecule has 0 saturated heterocycles. The van der Waals surface area contributed by atoms with Crippen LogP contribution in [0.3, 0.4) is 0 Å². The van der Waals surface area contributed by atoms with E-state index in [0.29, 0.717) is 6.04 Å². The zero-order valence-electron chi connectivity index (χ0n) is 12.3. The highest BCUT2D eigenvalue weighted by Gasteiger charge is 2.21. The Hall–Kier alpha value is -0.0800. The molecule has 0 radical (unpaired) electrons. The molecule has 2 heteroatoms. The molecule has 1 aliphatic rings. The van der Waals surface area contributed by atoms with Gasteiger partial charge in [-0.05, 0) is 32.4 Å². The molecule has 1 saturated carbocycles. The highest BCUT2D eigenvalue weighted by molar-refractivity contribution is 4.79. The molecule has 1 aliphatic carbocycles. The smallest absolute Gasteiger partial charge is 0.0217 e. The molecular formula is C15H32N2. The van der Waals surface area contributed by atoms with Gasteiger partial charge in [0.1, 0.15) is 0 Å². The molecule has 0 heterocycles. The third-order valence-electron chi connectivity index (χ3n) is 4.20. The molecule has 2 nitrogen and oxygen atoms in total. The zero-order valence-corrected chi connectivity index (χ0v) is 12.3. The van der Waals surface area contributed by atoms with E-state index in [1.807, 2.05) is 0 Å². The Morgan fingerprint density at radius 3 is 2.18 bits per heavy atom. The Labute approximate surface area is 108 Å². The molecule has 1 fully saturated rings. The summed E-state index contributed by atoms with van der Waals surface area (Å²) in [5.41, 5.74) is 0. The number of hydrogen-bond donors (Lipinski definition) is 1. The number of nitrogens with zero attached hydrogens (tertiary/aromatic N) is 1. The normalized spacial score (nSPS) is 20.8. The lowest BCUT2D eigenvalue weighted by molar-refractivity contribution is 0.183. The quantitative estimate of drug-likeness (QED) is 0.717. The second kappa shape index (κ2) is 8.10. The van der Waals surface area contributed by atoms with Crippen LogP contribution >= 0.6 is 0 Å². The first-order chi connectivity index (χ1) is 8.15. The van der Waals surface area contributed by atoms with E-state index >= 15 is 0 Å². The van der Waals surface area contributed by atoms with Crippen LogP contribution in [0, 0.1) is 5.92 Å². The average Bonchev–Trinajstić information content (AvgIpc) is 2.56. The summed E-state index contributed by atoms with van der Waals surface area (Å²) in [6.45, 7) is 9.15. The summed E-state index contributed by atoms with van der Waals surface area (Å²) in [7, 11) is 2.32. The van der Waals surface area contributed by atoms with E-state index in [2.05, 4.69) is 38.0 Å². The molecule has 102 valence electrons. The zero-order chi connectivity index (χ0) is 12.7. The van der Waals surface area contributed by atoms with Crippen LogP contribution in [-0.2, 0) is 0 Å². The monoisotopic (exact) mass is 240 g/mol. The van der Waals surface area contributed by atoms with Gasteiger partial charge in [0.05, 0.1) is 0 Å². The number of rotatable bonds is 6. The van der Waals surface area contributed by atoms with Crippen molar-refractivity contribution in [2.75, 3.05) is 20.1 Å². The van der Waals surface area contributed by atoms with Crippen molar-refractivity contribution in [2.45, 2.75) is 71.4 Å². The van der Waals surface area contributed by atoms with Crippen LogP contribution in [-0.4, -0.2) is 37.1 Å². The average molecular weight is 240 g/mol. The predicted molar refractivity (Wildman–Crippen MR) is 76.4 cm³/mol. The van der Waals surface area contributed by atoms with E-state index in [0.717, 1.165) is 18.5 Å². The maximum Gasteiger partial charge on any atom is 0.0217 e. The molecule has 0 spiro atoms. The molecule has 17 heavy (non-hydrogen) atoms. The maximum absolute atomic E-state index is 3.63. The van der Waals surface area contributed by atoms with Crippen LogP contribution in [0.4, 0.5) is 0 Å². The van der Waals surface area contributed by atoms with Crippen molar-refractivity contribution in [3.63, 3.8) is 0 Å². The first-order valence-electron chi connectivity index (χ1n) is 7.58. The van der Waals surface area contributed by atoms with Crippen molar-refractivity contribution in [1.29, 1.82) is 0 Å². The predicted octanol–water partition coefficient (Wildman–Crippen LogP) is 3.28. The van der Waals surface area contributed by atoms with E-state index in [4.69, 9.17) is 0 Å². The molecule has 0 aromatic carbocycles. The largest absolute Gasteiger partial charge is 0.313 e. The Morgan fingerprint density at radius 1 is 1.12 bits per heavy atom. The summed E-state index contributed by atoms with van der Waals surface area (Å²) in [6.07, 6.45) is 8.59. The Bertz CT molecular complexity index is 183. The van der Waals surface area contributed by atoms with Gasteiger partial charge in [0.2, 0.25) is 0 Å². The lowest BCUT2D eigenvalue weighted by Gasteiger charge is -2.32. The van der Waals surface area contributed by atoms with E-state index in [9.17, 15) is 0 Å². The van der Waals surface area contributed by atoms with Crippen molar-refractivity contribution in [3.05, 3.63) is 0 Å². The van der Waals surface area contributed by atoms with Crippen molar-refractivity contribution >= 4 is 0 Å². The molecule has 0 amide bonds. The third kappa shape index (κ3) is 5.39. The van der Waals surface area contributed by atoms with Gasteiger partial charge in [-0.25, -0.2) is 0 Å². The Balaban J connectivity index is 2.41. The van der Waals surface area contributed by atoms with Crippen molar-refractivity contribution in [1.82, 2.24) is 10.2 Å². The van der Waals surface area contributed by atoms with Gasteiger partial charge < -0.3 is 10.2 Å². The minimum absolute atomic E-state index is 0.647. The lowest BCUT2D eigenvalue weighted by Crippen LogP contribution is -2.46. The Morgan fingerprint density at radius 2 is 1.71 bits per heavy atom. The van der Waals surface area contributed by atoms with Gasteiger partial charge in [0, 0.05) is 18.6 Å².